The molecule has 1 saturated heterocycles. The van der Waals surface area contributed by atoms with Gasteiger partial charge in [-0.1, -0.05) is 55.3 Å². The molecule has 5 amide bonds. The number of carbonyl (C=O) groups is 5. The van der Waals surface area contributed by atoms with E-state index in [1.165, 1.54) is 21.9 Å². The highest BCUT2D eigenvalue weighted by Crippen LogP contribution is 2.46. The number of nitrogens with one attached hydrogen (secondary N) is 3. The Morgan fingerprint density at radius 2 is 1.78 bits per heavy atom. The molecule has 16 heteroatoms. The zero-order valence-corrected chi connectivity index (χ0v) is 32.2. The molecule has 0 spiro atoms. The first-order valence-electron chi connectivity index (χ1n) is 18.6. The molecule has 1 saturated carbocycles. The van der Waals surface area contributed by atoms with Gasteiger partial charge in [0, 0.05) is 24.4 Å². The summed E-state index contributed by atoms with van der Waals surface area (Å²) < 4.78 is 54.7. The molecule has 55 heavy (non-hydrogen) atoms. The summed E-state index contributed by atoms with van der Waals surface area (Å²) in [5.41, 5.74) is -1.05. The van der Waals surface area contributed by atoms with Gasteiger partial charge in [-0.25, -0.2) is 27.1 Å². The maximum absolute atomic E-state index is 14.5. The van der Waals surface area contributed by atoms with E-state index in [1.54, 1.807) is 64.1 Å². The van der Waals surface area contributed by atoms with Crippen LogP contribution in [-0.2, 0) is 47.0 Å². The second kappa shape index (κ2) is 15.6. The van der Waals surface area contributed by atoms with Gasteiger partial charge in [-0.05, 0) is 76.6 Å². The largest absolute Gasteiger partial charge is 0.444 e. The summed E-state index contributed by atoms with van der Waals surface area (Å²) >= 11 is 0. The van der Waals surface area contributed by atoms with Gasteiger partial charge in [0.2, 0.25) is 11.8 Å². The molecule has 0 unspecified atom stereocenters. The van der Waals surface area contributed by atoms with Crippen LogP contribution in [0.1, 0.15) is 82.4 Å². The predicted octanol–water partition coefficient (Wildman–Crippen LogP) is 4.35. The van der Waals surface area contributed by atoms with Crippen LogP contribution in [0.2, 0.25) is 0 Å². The molecule has 5 atom stereocenters. The first-order chi connectivity index (χ1) is 26.0. The van der Waals surface area contributed by atoms with Crippen LogP contribution in [0, 0.1) is 18.7 Å². The monoisotopic (exact) mass is 781 g/mol. The highest BCUT2D eigenvalue weighted by atomic mass is 32.2. The minimum atomic E-state index is -4.32. The number of rotatable bonds is 5. The number of carbonyl (C=O) groups excluding carboxylic acids is 5. The highest BCUT2D eigenvalue weighted by Gasteiger charge is 2.62. The van der Waals surface area contributed by atoms with E-state index in [4.69, 9.17) is 9.47 Å². The van der Waals surface area contributed by atoms with Gasteiger partial charge in [0.15, 0.2) is 0 Å². The Labute approximate surface area is 320 Å². The molecular formula is C39H48FN5O9S. The van der Waals surface area contributed by atoms with Gasteiger partial charge in [-0.3, -0.25) is 19.3 Å². The van der Waals surface area contributed by atoms with Crippen LogP contribution in [0.15, 0.2) is 59.5 Å². The zero-order chi connectivity index (χ0) is 39.7. The van der Waals surface area contributed by atoms with E-state index in [0.717, 1.165) is 6.42 Å². The number of alkyl carbamates (subject to hydrolysis) is 1. The van der Waals surface area contributed by atoms with Crippen molar-refractivity contribution in [2.75, 3.05) is 6.54 Å². The fourth-order valence-corrected chi connectivity index (χ4v) is 8.75. The third-order valence-electron chi connectivity index (χ3n) is 10.4. The molecule has 3 heterocycles. The summed E-state index contributed by atoms with van der Waals surface area (Å²) in [6.07, 6.45) is 3.95. The van der Waals surface area contributed by atoms with Gasteiger partial charge in [-0.15, -0.1) is 0 Å². The maximum Gasteiger partial charge on any atom is 0.410 e. The normalized spacial score (nSPS) is 26.3. The van der Waals surface area contributed by atoms with Crippen molar-refractivity contribution in [2.24, 2.45) is 5.92 Å². The topological polar surface area (TPSA) is 181 Å². The van der Waals surface area contributed by atoms with E-state index in [-0.39, 0.29) is 43.8 Å². The number of allylic oxidation sites excluding steroid dienone is 1. The van der Waals surface area contributed by atoms with Crippen LogP contribution in [-0.4, -0.2) is 84.0 Å². The van der Waals surface area contributed by atoms with Gasteiger partial charge in [0.25, 0.3) is 15.9 Å². The average molecular weight is 782 g/mol. The van der Waals surface area contributed by atoms with Crippen LogP contribution < -0.4 is 15.4 Å². The number of sulfonamides is 1. The Balaban J connectivity index is 1.27. The van der Waals surface area contributed by atoms with Gasteiger partial charge in [0.1, 0.15) is 35.1 Å². The number of ether oxygens (including phenoxy) is 2. The molecule has 3 N–H and O–H groups in total. The van der Waals surface area contributed by atoms with Gasteiger partial charge in [0.05, 0.1) is 18.0 Å². The van der Waals surface area contributed by atoms with Crippen molar-refractivity contribution in [3.63, 3.8) is 0 Å². The van der Waals surface area contributed by atoms with Crippen molar-refractivity contribution in [1.82, 2.24) is 25.2 Å². The minimum Gasteiger partial charge on any atom is -0.444 e. The summed E-state index contributed by atoms with van der Waals surface area (Å²) in [5.74, 6) is -3.27. The Hall–Kier alpha value is -4.99. The number of amides is 5. The number of halogens is 1. The van der Waals surface area contributed by atoms with E-state index in [0.29, 0.717) is 36.0 Å². The van der Waals surface area contributed by atoms with E-state index in [9.17, 15) is 36.8 Å². The SMILES string of the molecule is Cc1ccccc1S(=O)(=O)NC(=O)[C@@]12C[C@@H]1/C=C\CCCCC[C@H](NC(=O)OC(C)(C)C)C(=O)N1C[C@H](OC(=O)N3Cc4cccc(F)c4C3)C[C@H]1C(=O)N2. The first-order valence-corrected chi connectivity index (χ1v) is 20.1. The number of hydrogen-bond donors (Lipinski definition) is 3. The van der Waals surface area contributed by atoms with Crippen LogP contribution in [0.5, 0.6) is 0 Å². The van der Waals surface area contributed by atoms with Crippen molar-refractivity contribution in [3.05, 3.63) is 77.1 Å². The molecule has 3 aliphatic heterocycles. The Morgan fingerprint density at radius 3 is 2.51 bits per heavy atom. The van der Waals surface area contributed by atoms with Crippen molar-refractivity contribution in [3.8, 4) is 0 Å². The molecule has 2 aromatic rings. The number of fused-ring (bicyclic) bond motifs is 3. The van der Waals surface area contributed by atoms with Gasteiger partial charge >= 0.3 is 12.2 Å². The molecule has 1 aliphatic carbocycles. The maximum atomic E-state index is 14.5. The molecule has 2 aromatic carbocycles. The fourth-order valence-electron chi connectivity index (χ4n) is 7.47. The van der Waals surface area contributed by atoms with Crippen LogP contribution in [0.25, 0.3) is 0 Å². The van der Waals surface area contributed by atoms with Crippen molar-refractivity contribution in [2.45, 2.75) is 120 Å². The van der Waals surface area contributed by atoms with Crippen molar-refractivity contribution >= 4 is 39.9 Å². The Kier molecular flexibility index (Phi) is 11.3. The third kappa shape index (κ3) is 8.95. The standard InChI is InChI=1S/C39H48FN5O9S/c1-24-13-10-11-18-32(24)55(51,52)43-35(48)39-20-26(39)15-8-6-5-7-9-17-30(41-36(49)54-38(2,3)4)34(47)45-22-27(19-31(45)33(46)42-39)53-37(50)44-21-25-14-12-16-29(40)28(25)23-44/h8,10-16,18,26-27,30-31H,5-7,9,17,19-23H2,1-4H3,(H,41,49)(H,42,46)(H,43,48)/b15-8-/t26-,27+,30-,31-,39+/m0/s1. The lowest BCUT2D eigenvalue weighted by atomic mass is 10.0. The summed E-state index contributed by atoms with van der Waals surface area (Å²) in [7, 11) is -4.32. The lowest BCUT2D eigenvalue weighted by Crippen LogP contribution is -2.58. The van der Waals surface area contributed by atoms with Crippen LogP contribution in [0.4, 0.5) is 14.0 Å². The molecule has 4 aliphatic rings. The summed E-state index contributed by atoms with van der Waals surface area (Å²) in [4.78, 5) is 71.5. The highest BCUT2D eigenvalue weighted by molar-refractivity contribution is 7.90. The van der Waals surface area contributed by atoms with Gasteiger partial charge < -0.3 is 25.0 Å². The lowest BCUT2D eigenvalue weighted by molar-refractivity contribution is -0.141. The zero-order valence-electron chi connectivity index (χ0n) is 31.4. The summed E-state index contributed by atoms with van der Waals surface area (Å²) in [5, 5.41) is 5.45. The van der Waals surface area contributed by atoms with Crippen LogP contribution >= 0.6 is 0 Å². The number of benzene rings is 2. The van der Waals surface area contributed by atoms with Crippen LogP contribution in [0.3, 0.4) is 0 Å². The average Bonchev–Trinajstić information content (AvgIpc) is 3.40. The second-order valence-electron chi connectivity index (χ2n) is 15.7. The summed E-state index contributed by atoms with van der Waals surface area (Å²) in [6, 6.07) is 8.42. The van der Waals surface area contributed by atoms with E-state index < -0.39 is 81.0 Å². The van der Waals surface area contributed by atoms with E-state index in [1.807, 2.05) is 6.08 Å². The Morgan fingerprint density at radius 1 is 1.02 bits per heavy atom. The number of aryl methyl sites for hydroxylation is 1. The molecule has 296 valence electrons. The fraction of sp³-hybridized carbons (Fsp3) is 0.513. The Bertz CT molecular complexity index is 2000. The minimum absolute atomic E-state index is 0.0139. The number of hydrogen-bond acceptors (Lipinski definition) is 9. The molecule has 0 bridgehead atoms. The third-order valence-corrected chi connectivity index (χ3v) is 11.9. The van der Waals surface area contributed by atoms with E-state index in [2.05, 4.69) is 15.4 Å². The molecule has 0 aromatic heterocycles. The quantitative estimate of drug-likeness (QED) is 0.372. The first kappa shape index (κ1) is 39.7. The molecule has 0 radical (unpaired) electrons. The molecule has 14 nitrogen and oxygen atoms in total. The predicted molar refractivity (Wildman–Crippen MR) is 197 cm³/mol. The number of nitrogens with zero attached hydrogens (tertiary/aromatic N) is 2. The van der Waals surface area contributed by atoms with Crippen molar-refractivity contribution in [1.29, 1.82) is 0 Å². The van der Waals surface area contributed by atoms with E-state index >= 15 is 0 Å². The second-order valence-corrected chi connectivity index (χ2v) is 17.4. The van der Waals surface area contributed by atoms with Gasteiger partial charge in [-0.2, -0.15) is 0 Å². The molecular weight excluding hydrogens is 734 g/mol. The smallest absolute Gasteiger partial charge is 0.410 e. The molecule has 6 rings (SSSR count). The molecule has 2 fully saturated rings. The summed E-state index contributed by atoms with van der Waals surface area (Å²) in [6.45, 7) is 6.56. The lowest BCUT2D eigenvalue weighted by Gasteiger charge is -2.30. The van der Waals surface area contributed by atoms with Crippen molar-refractivity contribution < 1.29 is 46.3 Å².